The number of halogens is 1. The normalized spacial score (nSPS) is 11.1. The summed E-state index contributed by atoms with van der Waals surface area (Å²) in [4.78, 5) is 19.0. The van der Waals surface area contributed by atoms with Gasteiger partial charge in [-0.2, -0.15) is 0 Å². The molecule has 0 bridgehead atoms. The minimum atomic E-state index is -0.169. The Morgan fingerprint density at radius 3 is 1.83 bits per heavy atom. The molecular weight excluding hydrogens is 388 g/mol. The number of aliphatic imine (C=N–C) groups is 1. The standard InChI is InChI=1S/C23H21ClN2O3/c1-16(27)26(20-10-14-22(29-3)15-11-20)23(17-4-6-18(24)7-5-17)25-19-8-12-21(28-2)13-9-19/h4-15H,1-3H3. The number of ether oxygens (including phenoxy) is 2. The number of benzene rings is 3. The van der Waals surface area contributed by atoms with E-state index in [-0.39, 0.29) is 5.91 Å². The third-order valence-corrected chi connectivity index (χ3v) is 4.52. The smallest absolute Gasteiger partial charge is 0.229 e. The van der Waals surface area contributed by atoms with Crippen LogP contribution in [0, 0.1) is 0 Å². The molecule has 5 nitrogen and oxygen atoms in total. The van der Waals surface area contributed by atoms with E-state index in [1.54, 1.807) is 43.4 Å². The number of amidine groups is 1. The number of carbonyl (C=O) groups is 1. The summed E-state index contributed by atoms with van der Waals surface area (Å²) >= 11 is 6.05. The van der Waals surface area contributed by atoms with Gasteiger partial charge in [-0.15, -0.1) is 0 Å². The zero-order chi connectivity index (χ0) is 20.8. The number of nitrogens with zero attached hydrogens (tertiary/aromatic N) is 2. The zero-order valence-electron chi connectivity index (χ0n) is 16.4. The zero-order valence-corrected chi connectivity index (χ0v) is 17.2. The van der Waals surface area contributed by atoms with Gasteiger partial charge in [0, 0.05) is 17.5 Å². The Balaban J connectivity index is 2.13. The molecule has 0 aliphatic rings. The maximum Gasteiger partial charge on any atom is 0.229 e. The van der Waals surface area contributed by atoms with E-state index in [0.717, 1.165) is 11.3 Å². The van der Waals surface area contributed by atoms with Gasteiger partial charge >= 0.3 is 0 Å². The van der Waals surface area contributed by atoms with Crippen molar-refractivity contribution >= 4 is 34.7 Å². The van der Waals surface area contributed by atoms with Gasteiger partial charge in [0.25, 0.3) is 0 Å². The molecule has 6 heteroatoms. The highest BCUT2D eigenvalue weighted by Crippen LogP contribution is 2.25. The van der Waals surface area contributed by atoms with E-state index >= 15 is 0 Å². The van der Waals surface area contributed by atoms with Gasteiger partial charge in [-0.05, 0) is 72.8 Å². The molecule has 0 N–H and O–H groups in total. The molecule has 3 aromatic rings. The highest BCUT2D eigenvalue weighted by molar-refractivity contribution is 6.31. The minimum Gasteiger partial charge on any atom is -0.497 e. The van der Waals surface area contributed by atoms with Gasteiger partial charge in [-0.1, -0.05) is 11.6 Å². The number of methoxy groups -OCH3 is 2. The molecule has 0 spiro atoms. The quantitative estimate of drug-likeness (QED) is 0.414. The number of anilines is 1. The van der Waals surface area contributed by atoms with Crippen LogP contribution < -0.4 is 14.4 Å². The molecule has 0 saturated heterocycles. The molecule has 0 aromatic heterocycles. The first-order valence-electron chi connectivity index (χ1n) is 8.95. The fourth-order valence-electron chi connectivity index (χ4n) is 2.81. The van der Waals surface area contributed by atoms with Crippen molar-refractivity contribution in [2.45, 2.75) is 6.92 Å². The van der Waals surface area contributed by atoms with Crippen molar-refractivity contribution in [2.24, 2.45) is 4.99 Å². The lowest BCUT2D eigenvalue weighted by Gasteiger charge is -2.24. The van der Waals surface area contributed by atoms with Crippen LogP contribution in [-0.4, -0.2) is 26.0 Å². The summed E-state index contributed by atoms with van der Waals surface area (Å²) in [6.45, 7) is 1.50. The predicted molar refractivity (Wildman–Crippen MR) is 117 cm³/mol. The summed E-state index contributed by atoms with van der Waals surface area (Å²) in [5.74, 6) is 1.76. The predicted octanol–water partition coefficient (Wildman–Crippen LogP) is 5.49. The largest absolute Gasteiger partial charge is 0.497 e. The van der Waals surface area contributed by atoms with Crippen molar-refractivity contribution in [3.8, 4) is 11.5 Å². The number of hydrogen-bond donors (Lipinski definition) is 0. The van der Waals surface area contributed by atoms with Crippen LogP contribution in [0.2, 0.25) is 5.02 Å². The fourth-order valence-corrected chi connectivity index (χ4v) is 2.93. The lowest BCUT2D eigenvalue weighted by Crippen LogP contribution is -2.35. The summed E-state index contributed by atoms with van der Waals surface area (Å²) < 4.78 is 10.4. The summed E-state index contributed by atoms with van der Waals surface area (Å²) in [6.07, 6.45) is 0. The Morgan fingerprint density at radius 1 is 0.828 bits per heavy atom. The van der Waals surface area contributed by atoms with Crippen molar-refractivity contribution in [1.82, 2.24) is 0 Å². The van der Waals surface area contributed by atoms with Crippen LogP contribution in [0.5, 0.6) is 11.5 Å². The van der Waals surface area contributed by atoms with Crippen LogP contribution in [0.4, 0.5) is 11.4 Å². The summed E-state index contributed by atoms with van der Waals surface area (Å²) in [5.41, 5.74) is 2.13. The second kappa shape index (κ2) is 9.26. The van der Waals surface area contributed by atoms with Crippen molar-refractivity contribution in [3.63, 3.8) is 0 Å². The molecule has 0 heterocycles. The maximum atomic E-state index is 12.6. The first-order chi connectivity index (χ1) is 14.0. The molecule has 3 rings (SSSR count). The van der Waals surface area contributed by atoms with Crippen LogP contribution >= 0.6 is 11.6 Å². The van der Waals surface area contributed by atoms with Crippen molar-refractivity contribution in [1.29, 1.82) is 0 Å². The average Bonchev–Trinajstić information content (AvgIpc) is 2.74. The molecule has 29 heavy (non-hydrogen) atoms. The van der Waals surface area contributed by atoms with E-state index in [2.05, 4.69) is 0 Å². The highest BCUT2D eigenvalue weighted by Gasteiger charge is 2.20. The molecule has 0 fully saturated rings. The minimum absolute atomic E-state index is 0.169. The van der Waals surface area contributed by atoms with Gasteiger partial charge in [0.05, 0.1) is 25.6 Å². The van der Waals surface area contributed by atoms with Crippen LogP contribution in [0.3, 0.4) is 0 Å². The van der Waals surface area contributed by atoms with Crippen LogP contribution in [-0.2, 0) is 4.79 Å². The summed E-state index contributed by atoms with van der Waals surface area (Å²) in [5, 5.41) is 0.608. The molecule has 0 atom stereocenters. The summed E-state index contributed by atoms with van der Waals surface area (Å²) in [6, 6.07) is 21.8. The molecule has 0 aliphatic heterocycles. The average molecular weight is 409 g/mol. The Hall–Kier alpha value is -3.31. The third kappa shape index (κ3) is 4.95. The van der Waals surface area contributed by atoms with Gasteiger partial charge in [0.2, 0.25) is 5.91 Å². The van der Waals surface area contributed by atoms with Gasteiger partial charge in [0.1, 0.15) is 17.3 Å². The molecule has 148 valence electrons. The Labute approximate surface area is 175 Å². The van der Waals surface area contributed by atoms with E-state index in [9.17, 15) is 4.79 Å². The second-order valence-corrected chi connectivity index (χ2v) is 6.63. The molecule has 1 amide bonds. The van der Waals surface area contributed by atoms with Crippen molar-refractivity contribution in [3.05, 3.63) is 83.4 Å². The maximum absolute atomic E-state index is 12.6. The summed E-state index contributed by atoms with van der Waals surface area (Å²) in [7, 11) is 3.21. The van der Waals surface area contributed by atoms with Gasteiger partial charge in [-0.25, -0.2) is 4.99 Å². The van der Waals surface area contributed by atoms with Crippen LogP contribution in [0.15, 0.2) is 77.8 Å². The number of carbonyl (C=O) groups excluding carboxylic acids is 1. The van der Waals surface area contributed by atoms with Gasteiger partial charge < -0.3 is 9.47 Å². The van der Waals surface area contributed by atoms with Crippen LogP contribution in [0.25, 0.3) is 0 Å². The lowest BCUT2D eigenvalue weighted by atomic mass is 10.1. The Morgan fingerprint density at radius 2 is 1.34 bits per heavy atom. The SMILES string of the molecule is COc1ccc(N=C(c2ccc(Cl)cc2)N(C(C)=O)c2ccc(OC)cc2)cc1. The first-order valence-corrected chi connectivity index (χ1v) is 9.33. The number of rotatable bonds is 5. The van der Waals surface area contributed by atoms with E-state index in [4.69, 9.17) is 26.1 Å². The molecule has 0 radical (unpaired) electrons. The third-order valence-electron chi connectivity index (χ3n) is 4.27. The second-order valence-electron chi connectivity index (χ2n) is 6.19. The molecule has 0 saturated carbocycles. The Kier molecular flexibility index (Phi) is 6.52. The highest BCUT2D eigenvalue weighted by atomic mass is 35.5. The molecule has 0 aliphatic carbocycles. The topological polar surface area (TPSA) is 51.1 Å². The van der Waals surface area contributed by atoms with E-state index in [1.807, 2.05) is 48.5 Å². The van der Waals surface area contributed by atoms with Gasteiger partial charge in [-0.3, -0.25) is 9.69 Å². The van der Waals surface area contributed by atoms with Gasteiger partial charge in [0.15, 0.2) is 0 Å². The van der Waals surface area contributed by atoms with Crippen LogP contribution in [0.1, 0.15) is 12.5 Å². The van der Waals surface area contributed by atoms with Crippen molar-refractivity contribution < 1.29 is 14.3 Å². The molecular formula is C23H21ClN2O3. The van der Waals surface area contributed by atoms with Crippen molar-refractivity contribution in [2.75, 3.05) is 19.1 Å². The first kappa shape index (κ1) is 20.4. The molecule has 3 aromatic carbocycles. The lowest BCUT2D eigenvalue weighted by molar-refractivity contribution is -0.115. The van der Waals surface area contributed by atoms with E-state index in [0.29, 0.717) is 28.0 Å². The number of hydrogen-bond acceptors (Lipinski definition) is 4. The number of amides is 1. The van der Waals surface area contributed by atoms with E-state index < -0.39 is 0 Å². The van der Waals surface area contributed by atoms with E-state index in [1.165, 1.54) is 6.92 Å². The Bertz CT molecular complexity index is 998. The monoisotopic (exact) mass is 408 g/mol. The fraction of sp³-hybridized carbons (Fsp3) is 0.130. The molecule has 0 unspecified atom stereocenters.